The van der Waals surface area contributed by atoms with Crippen molar-refractivity contribution in [3.05, 3.63) is 12.5 Å². The van der Waals surface area contributed by atoms with Crippen molar-refractivity contribution in [2.75, 3.05) is 0 Å². The molecule has 0 N–H and O–H groups in total. The Hall–Kier alpha value is -1.32. The van der Waals surface area contributed by atoms with Crippen LogP contribution in [0, 0.1) is 5.92 Å². The molecule has 0 heterocycles. The van der Waals surface area contributed by atoms with Crippen molar-refractivity contribution in [2.45, 2.75) is 40.0 Å². The first-order chi connectivity index (χ1) is 6.95. The molecule has 0 rings (SSSR count). The monoisotopic (exact) mass is 214 g/mol. The molecule has 0 radical (unpaired) electrons. The van der Waals surface area contributed by atoms with E-state index in [0.717, 1.165) is 0 Å². The Kier molecular flexibility index (Phi) is 6.42. The van der Waals surface area contributed by atoms with Crippen LogP contribution < -0.4 is 0 Å². The Morgan fingerprint density at radius 1 is 1.20 bits per heavy atom. The zero-order chi connectivity index (χ0) is 11.8. The Morgan fingerprint density at radius 3 is 2.20 bits per heavy atom. The first-order valence-electron chi connectivity index (χ1n) is 5.06. The molecule has 0 unspecified atom stereocenters. The van der Waals surface area contributed by atoms with Gasteiger partial charge in [0, 0.05) is 12.8 Å². The summed E-state index contributed by atoms with van der Waals surface area (Å²) in [4.78, 5) is 22.1. The molecule has 0 bridgehead atoms. The molecular weight excluding hydrogens is 196 g/mol. The lowest BCUT2D eigenvalue weighted by atomic mass is 10.1. The molecule has 0 aliphatic heterocycles. The Bertz CT molecular complexity index is 243. The minimum absolute atomic E-state index is 0.205. The van der Waals surface area contributed by atoms with E-state index in [4.69, 9.17) is 4.74 Å². The number of ether oxygens (including phenoxy) is 2. The number of hydrogen-bond donors (Lipinski definition) is 0. The van der Waals surface area contributed by atoms with E-state index in [2.05, 4.69) is 11.3 Å². The van der Waals surface area contributed by atoms with Gasteiger partial charge in [-0.2, -0.15) is 0 Å². The number of rotatable bonds is 6. The van der Waals surface area contributed by atoms with Gasteiger partial charge in [-0.15, -0.1) is 0 Å². The van der Waals surface area contributed by atoms with E-state index >= 15 is 0 Å². The van der Waals surface area contributed by atoms with Gasteiger partial charge in [0.2, 0.25) is 0 Å². The third-order valence-electron chi connectivity index (χ3n) is 1.48. The highest BCUT2D eigenvalue weighted by atomic mass is 16.7. The SMILES string of the molecule is C=C(OC(=O)CCC)OC(=O)CC(C)C. The zero-order valence-corrected chi connectivity index (χ0v) is 9.54. The van der Waals surface area contributed by atoms with Gasteiger partial charge in [0.25, 0.3) is 5.95 Å². The molecule has 0 atom stereocenters. The van der Waals surface area contributed by atoms with Crippen LogP contribution >= 0.6 is 0 Å². The summed E-state index contributed by atoms with van der Waals surface area (Å²) < 4.78 is 9.37. The van der Waals surface area contributed by atoms with E-state index < -0.39 is 11.9 Å². The van der Waals surface area contributed by atoms with Crippen LogP contribution in [0.2, 0.25) is 0 Å². The second-order valence-corrected chi connectivity index (χ2v) is 3.67. The molecule has 0 aromatic rings. The van der Waals surface area contributed by atoms with Gasteiger partial charge in [-0.3, -0.25) is 9.59 Å². The van der Waals surface area contributed by atoms with Crippen LogP contribution in [0.15, 0.2) is 12.5 Å². The maximum atomic E-state index is 11.1. The van der Waals surface area contributed by atoms with Gasteiger partial charge in [0.05, 0.1) is 0 Å². The lowest BCUT2D eigenvalue weighted by Crippen LogP contribution is -2.11. The number of carbonyl (C=O) groups excluding carboxylic acids is 2. The van der Waals surface area contributed by atoms with Gasteiger partial charge < -0.3 is 9.47 Å². The summed E-state index contributed by atoms with van der Waals surface area (Å²) in [5.74, 6) is -0.894. The van der Waals surface area contributed by atoms with Gasteiger partial charge >= 0.3 is 11.9 Å². The van der Waals surface area contributed by atoms with Crippen LogP contribution in [-0.2, 0) is 19.1 Å². The highest BCUT2D eigenvalue weighted by molar-refractivity contribution is 5.72. The Labute approximate surface area is 90.2 Å². The highest BCUT2D eigenvalue weighted by Gasteiger charge is 2.11. The summed E-state index contributed by atoms with van der Waals surface area (Å²) in [5, 5.41) is 0. The second-order valence-electron chi connectivity index (χ2n) is 3.67. The molecule has 0 saturated heterocycles. The zero-order valence-electron chi connectivity index (χ0n) is 9.54. The van der Waals surface area contributed by atoms with Crippen LogP contribution in [0.5, 0.6) is 0 Å². The summed E-state index contributed by atoms with van der Waals surface area (Å²) in [7, 11) is 0. The molecule has 4 nitrogen and oxygen atoms in total. The Morgan fingerprint density at radius 2 is 1.73 bits per heavy atom. The van der Waals surface area contributed by atoms with E-state index in [-0.39, 0.29) is 18.3 Å². The number of hydrogen-bond acceptors (Lipinski definition) is 4. The van der Waals surface area contributed by atoms with E-state index in [1.54, 1.807) is 0 Å². The van der Waals surface area contributed by atoms with Gasteiger partial charge in [0.15, 0.2) is 0 Å². The fraction of sp³-hybridized carbons (Fsp3) is 0.636. The average Bonchev–Trinajstić information content (AvgIpc) is 2.00. The molecule has 15 heavy (non-hydrogen) atoms. The first kappa shape index (κ1) is 13.7. The summed E-state index contributed by atoms with van der Waals surface area (Å²) >= 11 is 0. The third kappa shape index (κ3) is 7.73. The van der Waals surface area contributed by atoms with Crippen LogP contribution in [0.4, 0.5) is 0 Å². The van der Waals surface area contributed by atoms with Gasteiger partial charge in [-0.05, 0) is 18.9 Å². The fourth-order valence-electron chi connectivity index (χ4n) is 0.905. The first-order valence-corrected chi connectivity index (χ1v) is 5.06. The van der Waals surface area contributed by atoms with Gasteiger partial charge in [0.1, 0.15) is 0 Å². The minimum atomic E-state index is -0.431. The van der Waals surface area contributed by atoms with Crippen molar-refractivity contribution >= 4 is 11.9 Å². The van der Waals surface area contributed by atoms with Crippen LogP contribution in [-0.4, -0.2) is 11.9 Å². The van der Waals surface area contributed by atoms with Crippen molar-refractivity contribution in [3.8, 4) is 0 Å². The topological polar surface area (TPSA) is 52.6 Å². The van der Waals surface area contributed by atoms with Crippen LogP contribution in [0.25, 0.3) is 0 Å². The van der Waals surface area contributed by atoms with Crippen molar-refractivity contribution in [2.24, 2.45) is 5.92 Å². The molecule has 0 aromatic heterocycles. The second kappa shape index (κ2) is 7.04. The van der Waals surface area contributed by atoms with Crippen LogP contribution in [0.3, 0.4) is 0 Å². The van der Waals surface area contributed by atoms with Crippen LogP contribution in [0.1, 0.15) is 40.0 Å². The summed E-state index contributed by atoms with van der Waals surface area (Å²) in [6, 6.07) is 0. The molecule has 0 saturated carbocycles. The molecule has 0 spiro atoms. The van der Waals surface area contributed by atoms with Crippen molar-refractivity contribution in [1.82, 2.24) is 0 Å². The molecule has 0 aromatic carbocycles. The van der Waals surface area contributed by atoms with Gasteiger partial charge in [-0.1, -0.05) is 20.8 Å². The van der Waals surface area contributed by atoms with Gasteiger partial charge in [-0.25, -0.2) is 0 Å². The molecule has 0 amide bonds. The van der Waals surface area contributed by atoms with Crippen molar-refractivity contribution in [3.63, 3.8) is 0 Å². The molecule has 4 heteroatoms. The molecule has 0 fully saturated rings. The van der Waals surface area contributed by atoms with Crippen molar-refractivity contribution in [1.29, 1.82) is 0 Å². The summed E-state index contributed by atoms with van der Waals surface area (Å²) in [5.41, 5.74) is 0. The molecular formula is C11H18O4. The third-order valence-corrected chi connectivity index (χ3v) is 1.48. The number of esters is 2. The largest absolute Gasteiger partial charge is 0.393 e. The summed E-state index contributed by atoms with van der Waals surface area (Å²) in [6.07, 6.45) is 1.26. The maximum absolute atomic E-state index is 11.1. The highest BCUT2D eigenvalue weighted by Crippen LogP contribution is 2.06. The van der Waals surface area contributed by atoms with E-state index in [1.807, 2.05) is 20.8 Å². The van der Waals surface area contributed by atoms with E-state index in [9.17, 15) is 9.59 Å². The fourth-order valence-corrected chi connectivity index (χ4v) is 0.905. The predicted molar refractivity (Wildman–Crippen MR) is 55.7 cm³/mol. The predicted octanol–water partition coefficient (Wildman–Crippen LogP) is 2.39. The molecule has 0 aliphatic carbocycles. The molecule has 86 valence electrons. The average molecular weight is 214 g/mol. The lowest BCUT2D eigenvalue weighted by Gasteiger charge is -2.08. The lowest BCUT2D eigenvalue weighted by molar-refractivity contribution is -0.154. The summed E-state index contributed by atoms with van der Waals surface area (Å²) in [6.45, 7) is 8.99. The standard InChI is InChI=1S/C11H18O4/c1-5-6-10(12)14-9(4)15-11(13)7-8(2)3/h8H,4-7H2,1-3H3. The number of carbonyl (C=O) groups is 2. The quantitative estimate of drug-likeness (QED) is 0.503. The maximum Gasteiger partial charge on any atom is 0.313 e. The van der Waals surface area contributed by atoms with E-state index in [1.165, 1.54) is 0 Å². The van der Waals surface area contributed by atoms with E-state index in [0.29, 0.717) is 12.8 Å². The minimum Gasteiger partial charge on any atom is -0.393 e. The Balaban J connectivity index is 3.83. The smallest absolute Gasteiger partial charge is 0.313 e. The molecule has 0 aliphatic rings. The normalized spacial score (nSPS) is 9.87. The van der Waals surface area contributed by atoms with Crippen molar-refractivity contribution < 1.29 is 19.1 Å².